The minimum absolute atomic E-state index is 0.121. The Hall–Kier alpha value is -1.13. The van der Waals surface area contributed by atoms with Gasteiger partial charge in [-0.3, -0.25) is 0 Å². The molecular formula is C15H23FN2O. The van der Waals surface area contributed by atoms with E-state index in [-0.39, 0.29) is 18.5 Å². The Kier molecular flexibility index (Phi) is 5.16. The van der Waals surface area contributed by atoms with Crippen LogP contribution < -0.4 is 10.2 Å². The third kappa shape index (κ3) is 3.25. The maximum Gasteiger partial charge on any atom is 0.129 e. The summed E-state index contributed by atoms with van der Waals surface area (Å²) in [5.41, 5.74) is 1.64. The Morgan fingerprint density at radius 1 is 1.42 bits per heavy atom. The van der Waals surface area contributed by atoms with E-state index in [1.807, 2.05) is 13.0 Å². The van der Waals surface area contributed by atoms with Crippen molar-refractivity contribution in [2.45, 2.75) is 38.8 Å². The molecule has 0 bridgehead atoms. The maximum absolute atomic E-state index is 14.0. The fourth-order valence-electron chi connectivity index (χ4n) is 2.75. The molecular weight excluding hydrogens is 243 g/mol. The van der Waals surface area contributed by atoms with Gasteiger partial charge in [0.25, 0.3) is 0 Å². The Bertz CT molecular complexity index is 411. The minimum atomic E-state index is -0.166. The number of anilines is 1. The highest BCUT2D eigenvalue weighted by molar-refractivity contribution is 5.55. The first-order chi connectivity index (χ1) is 9.27. The van der Waals surface area contributed by atoms with Crippen LogP contribution in [0.4, 0.5) is 10.1 Å². The highest BCUT2D eigenvalue weighted by atomic mass is 19.1. The van der Waals surface area contributed by atoms with E-state index in [0.717, 1.165) is 38.0 Å². The van der Waals surface area contributed by atoms with Crippen LogP contribution in [-0.4, -0.2) is 30.8 Å². The van der Waals surface area contributed by atoms with Crippen molar-refractivity contribution in [1.29, 1.82) is 0 Å². The molecule has 1 atom stereocenters. The molecule has 0 aromatic heterocycles. The largest absolute Gasteiger partial charge is 0.394 e. The number of aliphatic hydroxyl groups is 1. The van der Waals surface area contributed by atoms with Crippen LogP contribution in [0, 0.1) is 5.82 Å². The van der Waals surface area contributed by atoms with E-state index in [2.05, 4.69) is 10.2 Å². The van der Waals surface area contributed by atoms with Gasteiger partial charge in [-0.1, -0.05) is 13.0 Å². The predicted octanol–water partition coefficient (Wildman–Crippen LogP) is 2.29. The molecule has 0 aliphatic carbocycles. The van der Waals surface area contributed by atoms with Gasteiger partial charge in [0, 0.05) is 24.3 Å². The zero-order chi connectivity index (χ0) is 13.7. The van der Waals surface area contributed by atoms with Crippen molar-refractivity contribution in [1.82, 2.24) is 5.32 Å². The van der Waals surface area contributed by atoms with Gasteiger partial charge >= 0.3 is 0 Å². The fraction of sp³-hybridized carbons (Fsp3) is 0.600. The molecule has 1 heterocycles. The monoisotopic (exact) mass is 266 g/mol. The molecule has 1 aromatic rings. The second-order valence-corrected chi connectivity index (χ2v) is 5.04. The van der Waals surface area contributed by atoms with Crippen molar-refractivity contribution in [2.75, 3.05) is 24.6 Å². The van der Waals surface area contributed by atoms with Crippen LogP contribution in [0.5, 0.6) is 0 Å². The van der Waals surface area contributed by atoms with Gasteiger partial charge in [0.05, 0.1) is 12.6 Å². The lowest BCUT2D eigenvalue weighted by Crippen LogP contribution is -2.42. The van der Waals surface area contributed by atoms with E-state index in [9.17, 15) is 9.50 Å². The fourth-order valence-corrected chi connectivity index (χ4v) is 2.75. The summed E-state index contributed by atoms with van der Waals surface area (Å²) in [6.07, 6.45) is 3.22. The zero-order valence-electron chi connectivity index (χ0n) is 11.5. The lowest BCUT2D eigenvalue weighted by atomic mass is 10.00. The second-order valence-electron chi connectivity index (χ2n) is 5.04. The first-order valence-electron chi connectivity index (χ1n) is 7.13. The molecule has 2 rings (SSSR count). The van der Waals surface area contributed by atoms with E-state index in [4.69, 9.17) is 0 Å². The predicted molar refractivity (Wildman–Crippen MR) is 75.9 cm³/mol. The van der Waals surface area contributed by atoms with E-state index < -0.39 is 0 Å². The van der Waals surface area contributed by atoms with Crippen LogP contribution >= 0.6 is 0 Å². The highest BCUT2D eigenvalue weighted by Crippen LogP contribution is 2.29. The first-order valence-corrected chi connectivity index (χ1v) is 7.13. The van der Waals surface area contributed by atoms with E-state index >= 15 is 0 Å². The van der Waals surface area contributed by atoms with Gasteiger partial charge < -0.3 is 15.3 Å². The molecule has 1 aromatic carbocycles. The van der Waals surface area contributed by atoms with Gasteiger partial charge in [-0.15, -0.1) is 0 Å². The van der Waals surface area contributed by atoms with Crippen LogP contribution in [0.1, 0.15) is 31.7 Å². The number of rotatable bonds is 5. The van der Waals surface area contributed by atoms with E-state index in [0.29, 0.717) is 12.1 Å². The van der Waals surface area contributed by atoms with Crippen LogP contribution in [0.2, 0.25) is 0 Å². The quantitative estimate of drug-likeness (QED) is 0.858. The molecule has 0 spiro atoms. The normalized spacial score (nSPS) is 19.7. The summed E-state index contributed by atoms with van der Waals surface area (Å²) >= 11 is 0. The number of piperidine rings is 1. The molecule has 3 nitrogen and oxygen atoms in total. The summed E-state index contributed by atoms with van der Waals surface area (Å²) in [5, 5.41) is 12.7. The number of halogens is 1. The van der Waals surface area contributed by atoms with Crippen molar-refractivity contribution in [3.63, 3.8) is 0 Å². The Labute approximate surface area is 114 Å². The smallest absolute Gasteiger partial charge is 0.129 e. The van der Waals surface area contributed by atoms with Crippen molar-refractivity contribution in [3.8, 4) is 0 Å². The van der Waals surface area contributed by atoms with Crippen molar-refractivity contribution in [3.05, 3.63) is 29.6 Å². The minimum Gasteiger partial charge on any atom is -0.394 e. The molecule has 1 aliphatic heterocycles. The van der Waals surface area contributed by atoms with Crippen LogP contribution in [-0.2, 0) is 6.54 Å². The molecule has 0 saturated carbocycles. The average molecular weight is 266 g/mol. The average Bonchev–Trinajstić information content (AvgIpc) is 2.46. The van der Waals surface area contributed by atoms with Crippen molar-refractivity contribution in [2.24, 2.45) is 0 Å². The molecule has 0 amide bonds. The summed E-state index contributed by atoms with van der Waals surface area (Å²) in [6, 6.07) is 5.34. The Morgan fingerprint density at radius 3 is 3.00 bits per heavy atom. The third-order valence-corrected chi connectivity index (χ3v) is 3.79. The van der Waals surface area contributed by atoms with Crippen LogP contribution in [0.25, 0.3) is 0 Å². The third-order valence-electron chi connectivity index (χ3n) is 3.79. The van der Waals surface area contributed by atoms with Gasteiger partial charge in [0.15, 0.2) is 0 Å². The first kappa shape index (κ1) is 14.3. The van der Waals surface area contributed by atoms with Crippen LogP contribution in [0.15, 0.2) is 18.2 Å². The molecule has 0 radical (unpaired) electrons. The number of nitrogens with one attached hydrogen (secondary N) is 1. The summed E-state index contributed by atoms with van der Waals surface area (Å²) in [7, 11) is 0. The van der Waals surface area contributed by atoms with Gasteiger partial charge in [-0.2, -0.15) is 0 Å². The summed E-state index contributed by atoms with van der Waals surface area (Å²) in [5.74, 6) is -0.166. The SMILES string of the molecule is CCNCc1c(F)cccc1N1CCCCC1CO. The molecule has 1 aliphatic rings. The lowest BCUT2D eigenvalue weighted by Gasteiger charge is -2.37. The van der Waals surface area contributed by atoms with Gasteiger partial charge in [0.2, 0.25) is 0 Å². The molecule has 19 heavy (non-hydrogen) atoms. The van der Waals surface area contributed by atoms with Gasteiger partial charge in [-0.25, -0.2) is 4.39 Å². The Balaban J connectivity index is 2.28. The van der Waals surface area contributed by atoms with E-state index in [1.165, 1.54) is 6.07 Å². The molecule has 1 saturated heterocycles. The molecule has 1 fully saturated rings. The number of benzene rings is 1. The van der Waals surface area contributed by atoms with Crippen molar-refractivity contribution < 1.29 is 9.50 Å². The van der Waals surface area contributed by atoms with Gasteiger partial charge in [-0.05, 0) is 37.9 Å². The number of nitrogens with zero attached hydrogens (tertiary/aromatic N) is 1. The zero-order valence-corrected chi connectivity index (χ0v) is 11.5. The molecule has 106 valence electrons. The molecule has 2 N–H and O–H groups in total. The standard InChI is InChI=1S/C15H23FN2O/c1-2-17-10-13-14(16)7-5-8-15(13)18-9-4-3-6-12(18)11-19/h5,7-8,12,17,19H,2-4,6,9-11H2,1H3. The van der Waals surface area contributed by atoms with Crippen molar-refractivity contribution >= 4 is 5.69 Å². The summed E-state index contributed by atoms with van der Waals surface area (Å²) < 4.78 is 14.0. The molecule has 1 unspecified atom stereocenters. The lowest BCUT2D eigenvalue weighted by molar-refractivity contribution is 0.240. The second kappa shape index (κ2) is 6.87. The number of hydrogen-bond acceptors (Lipinski definition) is 3. The number of aliphatic hydroxyl groups excluding tert-OH is 1. The highest BCUT2D eigenvalue weighted by Gasteiger charge is 2.24. The summed E-state index contributed by atoms with van der Waals surface area (Å²) in [4.78, 5) is 2.17. The topological polar surface area (TPSA) is 35.5 Å². The molecule has 4 heteroatoms. The van der Waals surface area contributed by atoms with Crippen LogP contribution in [0.3, 0.4) is 0 Å². The summed E-state index contributed by atoms with van der Waals surface area (Å²) in [6.45, 7) is 4.40. The maximum atomic E-state index is 14.0. The van der Waals surface area contributed by atoms with Gasteiger partial charge in [0.1, 0.15) is 5.82 Å². The van der Waals surface area contributed by atoms with E-state index in [1.54, 1.807) is 6.07 Å². The number of hydrogen-bond donors (Lipinski definition) is 2. The Morgan fingerprint density at radius 2 is 2.26 bits per heavy atom.